The summed E-state index contributed by atoms with van der Waals surface area (Å²) in [6.45, 7) is 0. The van der Waals surface area contributed by atoms with E-state index in [1.54, 1.807) is 0 Å². The molecule has 0 aliphatic heterocycles. The minimum atomic E-state index is -1.42. The Bertz CT molecular complexity index is 2200. The molecule has 0 saturated heterocycles. The minimum absolute atomic E-state index is 0.472. The van der Waals surface area contributed by atoms with E-state index in [0.29, 0.717) is 0 Å². The van der Waals surface area contributed by atoms with E-state index in [1.807, 2.05) is 0 Å². The van der Waals surface area contributed by atoms with E-state index in [-0.39, 0.29) is 0 Å². The van der Waals surface area contributed by atoms with Gasteiger partial charge in [0.1, 0.15) is 31.8 Å². The Labute approximate surface area is 331 Å². The molecule has 8 aromatic carbocycles. The van der Waals surface area contributed by atoms with Crippen molar-refractivity contribution in [2.75, 3.05) is 0 Å². The Hall–Kier alpha value is -4.11. The summed E-state index contributed by atoms with van der Waals surface area (Å²) in [6.07, 6.45) is 0. The average Bonchev–Trinajstić information content (AvgIpc) is 3.22. The first-order chi connectivity index (χ1) is 26.3. The quantitative estimate of drug-likeness (QED) is 0.146. The molecule has 0 spiro atoms. The third-order valence-electron chi connectivity index (χ3n) is 9.89. The standard InChI is InChI=1S/C48H34P2.2ClH.Pt/c1-5-19-35(20-6-1)49(36-21-7-2-8-22-36)45-33-17-31-43-41-29-15-13-27-39(41)40-28-14-16-30-42(40)44-32-18-34-46(48(44)47(43)45)50(37-23-9-3-10-24-37)38-25-11-4-12-26-38;;;/h1-34H;2*1H;/q;;;+2. The van der Waals surface area contributed by atoms with Gasteiger partial charge in [-0.3, -0.25) is 0 Å². The molecule has 0 N–H and O–H groups in total. The third kappa shape index (κ3) is 7.26. The van der Waals surface area contributed by atoms with Gasteiger partial charge in [0.05, 0.1) is 15.8 Å². The molecular weight excluding hydrogens is 904 g/mol. The second-order valence-electron chi connectivity index (χ2n) is 12.8. The van der Waals surface area contributed by atoms with Crippen molar-refractivity contribution in [1.29, 1.82) is 0 Å². The maximum Gasteiger partial charge on any atom is 0.110 e. The van der Waals surface area contributed by atoms with Crippen molar-refractivity contribution in [2.24, 2.45) is 0 Å². The van der Waals surface area contributed by atoms with E-state index < -0.39 is 32.3 Å². The number of benzene rings is 8. The van der Waals surface area contributed by atoms with Crippen LogP contribution < -0.4 is 31.8 Å². The van der Waals surface area contributed by atoms with Crippen LogP contribution in [0.4, 0.5) is 0 Å². The fraction of sp³-hybridized carbons (Fsp3) is 0. The van der Waals surface area contributed by atoms with Crippen LogP contribution in [-0.4, -0.2) is 0 Å². The Morgan fingerprint density at radius 2 is 0.491 bits per heavy atom. The molecule has 0 radical (unpaired) electrons. The minimum Gasteiger partial charge on any atom is -0.0620 e. The first kappa shape index (κ1) is 35.9. The molecule has 0 amide bonds. The normalized spacial score (nSPS) is 11.3. The van der Waals surface area contributed by atoms with Gasteiger partial charge >= 0.3 is 35.3 Å². The molecule has 9 rings (SSSR count). The topological polar surface area (TPSA) is 0 Å². The molecule has 0 saturated carbocycles. The molecule has 0 aromatic heterocycles. The second-order valence-corrected chi connectivity index (χ2v) is 21.0. The van der Waals surface area contributed by atoms with Crippen LogP contribution in [0, 0.1) is 0 Å². The van der Waals surface area contributed by atoms with Crippen LogP contribution in [0.5, 0.6) is 0 Å². The molecule has 8 aromatic rings. The summed E-state index contributed by atoms with van der Waals surface area (Å²) in [5.41, 5.74) is 10.5. The van der Waals surface area contributed by atoms with Crippen LogP contribution in [0.25, 0.3) is 44.5 Å². The van der Waals surface area contributed by atoms with Crippen molar-refractivity contribution in [3.05, 3.63) is 206 Å². The predicted octanol–water partition coefficient (Wildman–Crippen LogP) is 11.0. The fourth-order valence-electron chi connectivity index (χ4n) is 7.79. The summed E-state index contributed by atoms with van der Waals surface area (Å²) in [7, 11) is 6.90. The van der Waals surface area contributed by atoms with Crippen molar-refractivity contribution in [1.82, 2.24) is 0 Å². The van der Waals surface area contributed by atoms with Crippen molar-refractivity contribution in [2.45, 2.75) is 0 Å². The van der Waals surface area contributed by atoms with Gasteiger partial charge in [0.2, 0.25) is 0 Å². The molecule has 1 aliphatic carbocycles. The monoisotopic (exact) mass is 939 g/mol. The number of hydrogen-bond donors (Lipinski definition) is 0. The van der Waals surface area contributed by atoms with Gasteiger partial charge in [-0.05, 0) is 94.0 Å². The van der Waals surface area contributed by atoms with Crippen molar-refractivity contribution >= 4 is 66.5 Å². The van der Waals surface area contributed by atoms with Crippen molar-refractivity contribution in [3.63, 3.8) is 0 Å². The van der Waals surface area contributed by atoms with Crippen LogP contribution >= 0.6 is 34.7 Å². The molecule has 0 fully saturated rings. The van der Waals surface area contributed by atoms with Gasteiger partial charge in [-0.1, -0.05) is 146 Å². The van der Waals surface area contributed by atoms with Crippen molar-refractivity contribution < 1.29 is 16.5 Å². The summed E-state index contributed by atoms with van der Waals surface area (Å²) in [4.78, 5) is 0. The van der Waals surface area contributed by atoms with Crippen molar-refractivity contribution in [3.8, 4) is 44.5 Å². The van der Waals surface area contributed by atoms with E-state index in [2.05, 4.69) is 206 Å². The van der Waals surface area contributed by atoms with E-state index in [9.17, 15) is 0 Å². The largest absolute Gasteiger partial charge is 0.110 e. The zero-order chi connectivity index (χ0) is 36.0. The number of hydrogen-bond acceptors (Lipinski definition) is 0. The van der Waals surface area contributed by atoms with E-state index in [0.717, 1.165) is 0 Å². The van der Waals surface area contributed by atoms with Gasteiger partial charge in [-0.25, -0.2) is 0 Å². The van der Waals surface area contributed by atoms with Gasteiger partial charge in [-0.2, -0.15) is 0 Å². The van der Waals surface area contributed by atoms with E-state index >= 15 is 0 Å². The summed E-state index contributed by atoms with van der Waals surface area (Å²) >= 11 is -0.472. The molecule has 0 heterocycles. The zero-order valence-electron chi connectivity index (χ0n) is 28.7. The molecule has 1 aliphatic rings. The van der Waals surface area contributed by atoms with Crippen LogP contribution in [0.3, 0.4) is 0 Å². The molecule has 53 heavy (non-hydrogen) atoms. The average molecular weight is 941 g/mol. The Morgan fingerprint density at radius 1 is 0.264 bits per heavy atom. The Kier molecular flexibility index (Phi) is 11.5. The maximum atomic E-state index is 4.88. The zero-order valence-corrected chi connectivity index (χ0v) is 34.5. The van der Waals surface area contributed by atoms with Gasteiger partial charge in [0.25, 0.3) is 0 Å². The van der Waals surface area contributed by atoms with E-state index in [1.165, 1.54) is 76.3 Å². The van der Waals surface area contributed by atoms with E-state index in [4.69, 9.17) is 18.8 Å². The number of halogens is 2. The molecule has 5 heteroatoms. The Morgan fingerprint density at radius 3 is 0.774 bits per heavy atom. The van der Waals surface area contributed by atoms with Gasteiger partial charge < -0.3 is 0 Å². The molecule has 260 valence electrons. The van der Waals surface area contributed by atoms with Crippen LogP contribution in [0.1, 0.15) is 0 Å². The first-order valence-corrected chi connectivity index (χ1v) is 26.2. The predicted molar refractivity (Wildman–Crippen MR) is 234 cm³/mol. The maximum absolute atomic E-state index is 4.88. The molecule has 0 unspecified atom stereocenters. The summed E-state index contributed by atoms with van der Waals surface area (Å²) < 4.78 is 0. The van der Waals surface area contributed by atoms with Crippen LogP contribution in [0.15, 0.2) is 206 Å². The number of fused-ring (bicyclic) bond motifs is 8. The summed E-state index contributed by atoms with van der Waals surface area (Å²) in [5.74, 6) is 0. The molecule has 0 bridgehead atoms. The van der Waals surface area contributed by atoms with Crippen LogP contribution in [-0.2, 0) is 16.5 Å². The fourth-order valence-corrected chi connectivity index (χ4v) is 13.3. The number of rotatable bonds is 6. The molecular formula is C48H36Cl2P2Pt+2. The van der Waals surface area contributed by atoms with Gasteiger partial charge in [-0.15, -0.1) is 0 Å². The van der Waals surface area contributed by atoms with Gasteiger partial charge in [0, 0.05) is 11.1 Å². The third-order valence-corrected chi connectivity index (χ3v) is 15.4. The summed E-state index contributed by atoms with van der Waals surface area (Å²) in [6, 6.07) is 77.1. The van der Waals surface area contributed by atoms with Gasteiger partial charge in [0.15, 0.2) is 0 Å². The molecule has 0 atom stereocenters. The second kappa shape index (κ2) is 16.9. The first-order valence-electron chi connectivity index (χ1n) is 17.5. The molecule has 0 nitrogen and oxygen atoms in total. The summed E-state index contributed by atoms with van der Waals surface area (Å²) in [5, 5.41) is 8.42. The SMILES string of the molecule is [Cl][Pt][Cl].c1ccc([PH+](c2ccccc2)c2cccc3c2-c2c(cccc2[PH+](c2ccccc2)c2ccccc2)-c2ccccc2-c2ccccc2-3)cc1. The van der Waals surface area contributed by atoms with Crippen LogP contribution in [0.2, 0.25) is 0 Å². The Balaban J connectivity index is 0.00000129. The smallest absolute Gasteiger partial charge is 0.0620 e.